The second-order valence-electron chi connectivity index (χ2n) is 8.53. The highest BCUT2D eigenvalue weighted by molar-refractivity contribution is 5.81. The van der Waals surface area contributed by atoms with Crippen molar-refractivity contribution in [2.45, 2.75) is 68.3 Å². The van der Waals surface area contributed by atoms with Gasteiger partial charge in [-0.2, -0.15) is 0 Å². The minimum Gasteiger partial charge on any atom is -0.462 e. The number of benzene rings is 1. The summed E-state index contributed by atoms with van der Waals surface area (Å²) in [5.41, 5.74) is 0.381. The van der Waals surface area contributed by atoms with Gasteiger partial charge in [-0.25, -0.2) is 4.79 Å². The standard InChI is InChI=1S/C22H28O13/c1-8-4-14(25)32-11-5-9(2-3-10(8)11)31-21-19(30)17(28)20(13(7-24)34-21)35-22-18(29)16(27)15(26)12(6-23)33-22/h2-5,12-13,15-24,26-30H,6-7H2,1H3/t12-,13+,15+,16+,17+,18-,19+,20+,21+,22+/m1/s1. The highest BCUT2D eigenvalue weighted by Crippen LogP contribution is 2.31. The lowest BCUT2D eigenvalue weighted by Gasteiger charge is -2.45. The SMILES string of the molecule is Cc1cc(=O)oc2cc(O[C@H]3O[C@@H](CO)[C@H](O[C@@H]4O[C@H](CO)[C@H](O)[C@H](O)[C@H]4O)[C@@H](O)[C@@H]3O)ccc12. The molecule has 0 amide bonds. The number of rotatable bonds is 6. The molecule has 0 spiro atoms. The average Bonchev–Trinajstić information content (AvgIpc) is 2.83. The molecule has 0 radical (unpaired) electrons. The molecule has 7 N–H and O–H groups in total. The van der Waals surface area contributed by atoms with Crippen LogP contribution in [0.2, 0.25) is 0 Å². The monoisotopic (exact) mass is 500 g/mol. The van der Waals surface area contributed by atoms with Gasteiger partial charge in [-0.05, 0) is 24.6 Å². The quantitative estimate of drug-likeness (QED) is 0.199. The Kier molecular flexibility index (Phi) is 7.73. The molecule has 35 heavy (non-hydrogen) atoms. The van der Waals surface area contributed by atoms with Crippen LogP contribution < -0.4 is 10.4 Å². The highest BCUT2D eigenvalue weighted by atomic mass is 16.7. The third kappa shape index (κ3) is 5.06. The van der Waals surface area contributed by atoms with E-state index >= 15 is 0 Å². The fourth-order valence-electron chi connectivity index (χ4n) is 4.17. The minimum atomic E-state index is -1.76. The van der Waals surface area contributed by atoms with Gasteiger partial charge in [0.25, 0.3) is 0 Å². The molecule has 0 unspecified atom stereocenters. The van der Waals surface area contributed by atoms with Crippen LogP contribution in [0.5, 0.6) is 5.75 Å². The molecule has 1 aromatic carbocycles. The number of aliphatic hydroxyl groups is 7. The Morgan fingerprint density at radius 2 is 1.49 bits per heavy atom. The van der Waals surface area contributed by atoms with Crippen LogP contribution in [0.3, 0.4) is 0 Å². The van der Waals surface area contributed by atoms with Gasteiger partial charge in [-0.1, -0.05) is 0 Å². The molecular weight excluding hydrogens is 472 g/mol. The first-order valence-electron chi connectivity index (χ1n) is 10.9. The summed E-state index contributed by atoms with van der Waals surface area (Å²) in [7, 11) is 0. The normalized spacial score (nSPS) is 37.9. The van der Waals surface area contributed by atoms with Crippen molar-refractivity contribution < 1.29 is 59.1 Å². The highest BCUT2D eigenvalue weighted by Gasteiger charge is 2.51. The van der Waals surface area contributed by atoms with Crippen molar-refractivity contribution in [3.05, 3.63) is 40.2 Å². The summed E-state index contributed by atoms with van der Waals surface area (Å²) < 4.78 is 27.1. The first-order chi connectivity index (χ1) is 16.6. The summed E-state index contributed by atoms with van der Waals surface area (Å²) >= 11 is 0. The maximum absolute atomic E-state index is 11.7. The van der Waals surface area contributed by atoms with Gasteiger partial charge < -0.3 is 59.1 Å². The van der Waals surface area contributed by atoms with Gasteiger partial charge in [-0.3, -0.25) is 0 Å². The third-order valence-electron chi connectivity index (χ3n) is 6.14. The number of hydrogen-bond acceptors (Lipinski definition) is 13. The van der Waals surface area contributed by atoms with E-state index in [-0.39, 0.29) is 11.3 Å². The summed E-state index contributed by atoms with van der Waals surface area (Å²) in [6.45, 7) is 0.352. The van der Waals surface area contributed by atoms with Crippen molar-refractivity contribution in [2.24, 2.45) is 0 Å². The van der Waals surface area contributed by atoms with Gasteiger partial charge in [0, 0.05) is 17.5 Å². The molecule has 13 nitrogen and oxygen atoms in total. The number of fused-ring (bicyclic) bond motifs is 1. The van der Waals surface area contributed by atoms with Gasteiger partial charge in [-0.15, -0.1) is 0 Å². The Morgan fingerprint density at radius 1 is 0.829 bits per heavy atom. The van der Waals surface area contributed by atoms with Crippen molar-refractivity contribution in [1.29, 1.82) is 0 Å². The van der Waals surface area contributed by atoms with Gasteiger partial charge in [0.2, 0.25) is 6.29 Å². The number of ether oxygens (including phenoxy) is 4. The Balaban J connectivity index is 1.50. The number of aliphatic hydroxyl groups excluding tert-OH is 7. The molecular formula is C22H28O13. The van der Waals surface area contributed by atoms with Crippen molar-refractivity contribution in [3.63, 3.8) is 0 Å². The second-order valence-corrected chi connectivity index (χ2v) is 8.53. The van der Waals surface area contributed by atoms with Crippen LogP contribution in [0.25, 0.3) is 11.0 Å². The molecule has 2 saturated heterocycles. The topological polar surface area (TPSA) is 209 Å². The summed E-state index contributed by atoms with van der Waals surface area (Å²) in [4.78, 5) is 11.7. The maximum Gasteiger partial charge on any atom is 0.336 e. The summed E-state index contributed by atoms with van der Waals surface area (Å²) in [6, 6.07) is 5.94. The van der Waals surface area contributed by atoms with E-state index in [1.165, 1.54) is 12.1 Å². The zero-order valence-electron chi connectivity index (χ0n) is 18.6. The summed E-state index contributed by atoms with van der Waals surface area (Å²) in [6.07, 6.45) is -15.6. The molecule has 2 aliphatic heterocycles. The molecule has 2 aliphatic rings. The lowest BCUT2D eigenvalue weighted by molar-refractivity contribution is -0.352. The van der Waals surface area contributed by atoms with E-state index in [2.05, 4.69) is 0 Å². The predicted molar refractivity (Wildman–Crippen MR) is 114 cm³/mol. The molecule has 13 heteroatoms. The van der Waals surface area contributed by atoms with E-state index < -0.39 is 80.3 Å². The predicted octanol–water partition coefficient (Wildman–Crippen LogP) is -2.90. The zero-order chi connectivity index (χ0) is 25.4. The smallest absolute Gasteiger partial charge is 0.336 e. The summed E-state index contributed by atoms with van der Waals surface area (Å²) in [5, 5.41) is 71.1. The third-order valence-corrected chi connectivity index (χ3v) is 6.14. The molecule has 2 aromatic rings. The van der Waals surface area contributed by atoms with Gasteiger partial charge in [0.05, 0.1) is 13.2 Å². The Hall–Kier alpha value is -2.17. The van der Waals surface area contributed by atoms with E-state index in [0.29, 0.717) is 10.9 Å². The van der Waals surface area contributed by atoms with E-state index in [1.807, 2.05) is 0 Å². The first kappa shape index (κ1) is 25.9. The maximum atomic E-state index is 11.7. The number of hydrogen-bond donors (Lipinski definition) is 7. The molecule has 3 heterocycles. The lowest BCUT2D eigenvalue weighted by Crippen LogP contribution is -2.65. The molecule has 4 rings (SSSR count). The molecule has 0 saturated carbocycles. The van der Waals surface area contributed by atoms with Gasteiger partial charge in [0.15, 0.2) is 6.29 Å². The number of aryl methyl sites for hydroxylation is 1. The Labute approximate surface area is 198 Å². The van der Waals surface area contributed by atoms with Crippen molar-refractivity contribution in [1.82, 2.24) is 0 Å². The molecule has 0 bridgehead atoms. The Morgan fingerprint density at radius 3 is 2.17 bits per heavy atom. The molecule has 1 aromatic heterocycles. The Bertz CT molecular complexity index is 1070. The van der Waals surface area contributed by atoms with E-state index in [9.17, 15) is 40.5 Å². The zero-order valence-corrected chi connectivity index (χ0v) is 18.6. The van der Waals surface area contributed by atoms with Crippen LogP contribution in [-0.4, -0.2) is 110 Å². The van der Waals surface area contributed by atoms with Crippen LogP contribution in [0.15, 0.2) is 33.5 Å². The largest absolute Gasteiger partial charge is 0.462 e. The molecule has 10 atom stereocenters. The van der Waals surface area contributed by atoms with Crippen LogP contribution in [-0.2, 0) is 14.2 Å². The van der Waals surface area contributed by atoms with Crippen LogP contribution in [0.1, 0.15) is 5.56 Å². The molecule has 194 valence electrons. The van der Waals surface area contributed by atoms with Gasteiger partial charge >= 0.3 is 5.63 Å². The fraction of sp³-hybridized carbons (Fsp3) is 0.591. The van der Waals surface area contributed by atoms with Crippen molar-refractivity contribution in [2.75, 3.05) is 13.2 Å². The van der Waals surface area contributed by atoms with Crippen LogP contribution in [0.4, 0.5) is 0 Å². The molecule has 0 aliphatic carbocycles. The van der Waals surface area contributed by atoms with Crippen LogP contribution in [0, 0.1) is 6.92 Å². The first-order valence-corrected chi connectivity index (χ1v) is 10.9. The summed E-state index contributed by atoms with van der Waals surface area (Å²) in [5.74, 6) is 0.146. The average molecular weight is 500 g/mol. The van der Waals surface area contributed by atoms with Crippen molar-refractivity contribution >= 4 is 11.0 Å². The van der Waals surface area contributed by atoms with Crippen molar-refractivity contribution in [3.8, 4) is 5.75 Å². The minimum absolute atomic E-state index is 0.146. The lowest BCUT2D eigenvalue weighted by atomic mass is 9.97. The fourth-order valence-corrected chi connectivity index (χ4v) is 4.17. The van der Waals surface area contributed by atoms with E-state index in [0.717, 1.165) is 0 Å². The molecule has 2 fully saturated rings. The van der Waals surface area contributed by atoms with E-state index in [4.69, 9.17) is 23.4 Å². The van der Waals surface area contributed by atoms with Gasteiger partial charge in [0.1, 0.15) is 60.2 Å². The van der Waals surface area contributed by atoms with E-state index in [1.54, 1.807) is 19.1 Å². The van der Waals surface area contributed by atoms with Crippen LogP contribution >= 0.6 is 0 Å². The second kappa shape index (κ2) is 10.4.